The predicted octanol–water partition coefficient (Wildman–Crippen LogP) is 4.48. The monoisotopic (exact) mass is 378 g/mol. The van der Waals surface area contributed by atoms with Crippen LogP contribution in [0.2, 0.25) is 20.1 Å². The smallest absolute Gasteiger partial charge is 0.265 e. The molecule has 8 heteroatoms. The van der Waals surface area contributed by atoms with E-state index in [4.69, 9.17) is 57.0 Å². The van der Waals surface area contributed by atoms with Gasteiger partial charge in [-0.25, -0.2) is 5.84 Å². The number of amides is 1. The molecule has 0 bridgehead atoms. The highest BCUT2D eigenvalue weighted by Gasteiger charge is 2.14. The molecule has 22 heavy (non-hydrogen) atoms. The summed E-state index contributed by atoms with van der Waals surface area (Å²) in [5.74, 6) is 4.83. The van der Waals surface area contributed by atoms with Gasteiger partial charge in [-0.2, -0.15) is 0 Å². The van der Waals surface area contributed by atoms with Crippen molar-refractivity contribution in [2.45, 2.75) is 6.61 Å². The molecule has 0 heterocycles. The number of benzene rings is 2. The summed E-state index contributed by atoms with van der Waals surface area (Å²) in [4.78, 5) is 11.5. The maximum Gasteiger partial charge on any atom is 0.265 e. The van der Waals surface area contributed by atoms with Crippen LogP contribution in [0, 0.1) is 0 Å². The number of carbonyl (C=O) groups excluding carboxylic acids is 1. The average Bonchev–Trinajstić information content (AvgIpc) is 2.48. The second-order valence-corrected chi connectivity index (χ2v) is 5.91. The second-order valence-electron chi connectivity index (χ2n) is 4.28. The van der Waals surface area contributed by atoms with Crippen LogP contribution < -0.4 is 16.0 Å². The maximum atomic E-state index is 11.5. The van der Waals surface area contributed by atoms with Crippen molar-refractivity contribution < 1.29 is 9.53 Å². The van der Waals surface area contributed by atoms with Gasteiger partial charge in [-0.1, -0.05) is 52.5 Å². The molecule has 0 aromatic heterocycles. The minimum Gasteiger partial charge on any atom is -0.486 e. The molecule has 4 nitrogen and oxygen atoms in total. The van der Waals surface area contributed by atoms with Gasteiger partial charge in [0.1, 0.15) is 6.61 Å². The number of rotatable bonds is 4. The molecule has 0 spiro atoms. The normalized spacial score (nSPS) is 10.4. The Morgan fingerprint density at radius 3 is 2.18 bits per heavy atom. The van der Waals surface area contributed by atoms with Gasteiger partial charge in [-0.15, -0.1) is 0 Å². The van der Waals surface area contributed by atoms with Crippen LogP contribution in [0.5, 0.6) is 5.75 Å². The summed E-state index contributed by atoms with van der Waals surface area (Å²) < 4.78 is 5.59. The van der Waals surface area contributed by atoms with E-state index in [1.54, 1.807) is 18.2 Å². The first-order valence-electron chi connectivity index (χ1n) is 5.99. The third kappa shape index (κ3) is 3.97. The zero-order chi connectivity index (χ0) is 16.3. The summed E-state index contributed by atoms with van der Waals surface area (Å²) in [7, 11) is 0. The van der Waals surface area contributed by atoms with E-state index in [1.165, 1.54) is 12.1 Å². The van der Waals surface area contributed by atoms with Crippen molar-refractivity contribution in [3.8, 4) is 5.75 Å². The Kier molecular flexibility index (Phi) is 5.78. The number of nitrogens with one attached hydrogen (secondary N) is 1. The third-order valence-corrected chi connectivity index (χ3v) is 4.06. The van der Waals surface area contributed by atoms with Crippen molar-refractivity contribution in [3.05, 3.63) is 61.5 Å². The highest BCUT2D eigenvalue weighted by atomic mass is 35.5. The zero-order valence-electron chi connectivity index (χ0n) is 11.0. The minimum atomic E-state index is -0.500. The Labute approximate surface area is 147 Å². The van der Waals surface area contributed by atoms with Gasteiger partial charge in [0.2, 0.25) is 0 Å². The number of nitrogens with two attached hydrogens (primary N) is 1. The molecule has 0 saturated carbocycles. The summed E-state index contributed by atoms with van der Waals surface area (Å²) >= 11 is 23.9. The average molecular weight is 380 g/mol. The van der Waals surface area contributed by atoms with Crippen LogP contribution in [0.1, 0.15) is 15.9 Å². The number of hydrogen-bond acceptors (Lipinski definition) is 3. The first kappa shape index (κ1) is 17.2. The largest absolute Gasteiger partial charge is 0.486 e. The van der Waals surface area contributed by atoms with E-state index in [1.807, 2.05) is 5.43 Å². The van der Waals surface area contributed by atoms with E-state index in [9.17, 15) is 4.79 Å². The fourth-order valence-electron chi connectivity index (χ4n) is 1.70. The van der Waals surface area contributed by atoms with Crippen LogP contribution in [0.3, 0.4) is 0 Å². The van der Waals surface area contributed by atoms with Gasteiger partial charge >= 0.3 is 0 Å². The Bertz CT molecular complexity index is 699. The van der Waals surface area contributed by atoms with Crippen molar-refractivity contribution in [2.75, 3.05) is 0 Å². The van der Waals surface area contributed by atoms with Gasteiger partial charge in [0.25, 0.3) is 5.91 Å². The summed E-state index contributed by atoms with van der Waals surface area (Å²) in [6.07, 6.45) is 0. The topological polar surface area (TPSA) is 64.3 Å². The first-order valence-corrected chi connectivity index (χ1v) is 7.50. The number of carbonyl (C=O) groups is 1. The van der Waals surface area contributed by atoms with Crippen molar-refractivity contribution in [1.29, 1.82) is 0 Å². The van der Waals surface area contributed by atoms with E-state index in [-0.39, 0.29) is 28.0 Å². The van der Waals surface area contributed by atoms with Crippen LogP contribution in [0.15, 0.2) is 30.3 Å². The lowest BCUT2D eigenvalue weighted by Gasteiger charge is -2.12. The highest BCUT2D eigenvalue weighted by molar-refractivity contribution is 6.42. The van der Waals surface area contributed by atoms with Gasteiger partial charge in [0.15, 0.2) is 5.75 Å². The fraction of sp³-hybridized carbons (Fsp3) is 0.0714. The molecule has 0 radical (unpaired) electrons. The Hall–Kier alpha value is -1.17. The number of ether oxygens (including phenoxy) is 1. The maximum absolute atomic E-state index is 11.5. The van der Waals surface area contributed by atoms with Gasteiger partial charge in [-0.05, 0) is 29.8 Å². The van der Waals surface area contributed by atoms with E-state index in [0.29, 0.717) is 10.0 Å². The number of halogens is 4. The van der Waals surface area contributed by atoms with Gasteiger partial charge in [-0.3, -0.25) is 10.2 Å². The summed E-state index contributed by atoms with van der Waals surface area (Å²) in [6.45, 7) is 0.193. The third-order valence-electron chi connectivity index (χ3n) is 2.76. The molecular weight excluding hydrogens is 370 g/mol. The summed E-state index contributed by atoms with van der Waals surface area (Å²) in [5, 5.41) is 1.28. The molecule has 0 atom stereocenters. The van der Waals surface area contributed by atoms with E-state index in [0.717, 1.165) is 5.56 Å². The van der Waals surface area contributed by atoms with Crippen molar-refractivity contribution in [2.24, 2.45) is 5.84 Å². The molecule has 2 aromatic rings. The lowest BCUT2D eigenvalue weighted by atomic mass is 10.2. The number of nitrogen functional groups attached to an aromatic ring is 1. The van der Waals surface area contributed by atoms with Crippen LogP contribution in [-0.2, 0) is 6.61 Å². The second kappa shape index (κ2) is 7.40. The molecule has 3 N–H and O–H groups in total. The van der Waals surface area contributed by atoms with Crippen LogP contribution in [0.4, 0.5) is 0 Å². The Balaban J connectivity index is 2.19. The molecule has 0 aliphatic heterocycles. The van der Waals surface area contributed by atoms with Crippen LogP contribution in [0.25, 0.3) is 0 Å². The first-order chi connectivity index (χ1) is 10.4. The quantitative estimate of drug-likeness (QED) is 0.467. The van der Waals surface area contributed by atoms with Crippen molar-refractivity contribution in [3.63, 3.8) is 0 Å². The molecule has 116 valence electrons. The molecule has 0 unspecified atom stereocenters. The molecule has 0 aliphatic carbocycles. The zero-order valence-corrected chi connectivity index (χ0v) is 14.0. The van der Waals surface area contributed by atoms with Gasteiger partial charge < -0.3 is 4.74 Å². The van der Waals surface area contributed by atoms with Crippen molar-refractivity contribution >= 4 is 52.3 Å². The number of hydrazine groups is 1. The van der Waals surface area contributed by atoms with E-state index >= 15 is 0 Å². The minimum absolute atomic E-state index is 0.193. The molecule has 0 fully saturated rings. The fourth-order valence-corrected chi connectivity index (χ4v) is 2.61. The molecule has 0 aliphatic rings. The van der Waals surface area contributed by atoms with Crippen molar-refractivity contribution in [1.82, 2.24) is 5.43 Å². The summed E-state index contributed by atoms with van der Waals surface area (Å²) in [6, 6.07) is 7.95. The van der Waals surface area contributed by atoms with Crippen LogP contribution in [-0.4, -0.2) is 5.91 Å². The summed E-state index contributed by atoms with van der Waals surface area (Å²) in [5.41, 5.74) is 3.03. The molecule has 2 rings (SSSR count). The highest BCUT2D eigenvalue weighted by Crippen LogP contribution is 2.35. The SMILES string of the molecule is NNC(=O)c1cc(Cl)c(OCc2ccc(Cl)c(Cl)c2)c(Cl)c1. The van der Waals surface area contributed by atoms with Gasteiger partial charge in [0, 0.05) is 5.56 Å². The molecule has 1 amide bonds. The van der Waals surface area contributed by atoms with E-state index < -0.39 is 5.91 Å². The standard InChI is InChI=1S/C14H10Cl4N2O2/c15-9-2-1-7(3-10(9)16)6-22-13-11(17)4-8(5-12(13)18)14(21)20-19/h1-5H,6,19H2,(H,20,21). The molecule has 2 aromatic carbocycles. The Morgan fingerprint density at radius 1 is 1.00 bits per heavy atom. The Morgan fingerprint density at radius 2 is 1.64 bits per heavy atom. The lowest BCUT2D eigenvalue weighted by molar-refractivity contribution is 0.0953. The van der Waals surface area contributed by atoms with Gasteiger partial charge in [0.05, 0.1) is 20.1 Å². The van der Waals surface area contributed by atoms with Crippen LogP contribution >= 0.6 is 46.4 Å². The predicted molar refractivity (Wildman–Crippen MR) is 88.9 cm³/mol. The molecule has 0 saturated heterocycles. The lowest BCUT2D eigenvalue weighted by Crippen LogP contribution is -2.29. The molecular formula is C14H10Cl4N2O2. The van der Waals surface area contributed by atoms with E-state index in [2.05, 4.69) is 0 Å². The number of hydrogen-bond donors (Lipinski definition) is 2.